The van der Waals surface area contributed by atoms with E-state index in [0.717, 1.165) is 34.4 Å². The number of esters is 2. The average Bonchev–Trinajstić information content (AvgIpc) is 3.42. The minimum absolute atomic E-state index is 0.247. The molecule has 29 heavy (non-hydrogen) atoms. The number of para-hydroxylation sites is 1. The molecule has 0 amide bonds. The summed E-state index contributed by atoms with van der Waals surface area (Å²) in [6.07, 6.45) is 4.28. The molecular formula is C23H19NO5. The maximum absolute atomic E-state index is 13.2. The maximum Gasteiger partial charge on any atom is 0.347 e. The standard InChI is InChI=1S/C23H19NO5/c1-13-11-19(22(25)28-13)29-23(26)20-16-6-2-3-7-18(16)24-21-14(8-9-17(20)21)12-15-5-4-10-27-15/h2-7,10,12-13,19H,8-9,11H2,1H3/b14-12+/t13-,19-/m1/s1. The Morgan fingerprint density at radius 1 is 1.21 bits per heavy atom. The predicted molar refractivity (Wildman–Crippen MR) is 106 cm³/mol. The smallest absolute Gasteiger partial charge is 0.347 e. The van der Waals surface area contributed by atoms with E-state index < -0.39 is 18.0 Å². The highest BCUT2D eigenvalue weighted by molar-refractivity contribution is 6.07. The SMILES string of the molecule is C[C@@H]1C[C@@H](OC(=O)c2c3c(nc4ccccc24)/C(=C/c2ccco2)CC3)C(=O)O1. The van der Waals surface area contributed by atoms with Crippen molar-refractivity contribution in [2.75, 3.05) is 0 Å². The van der Waals surface area contributed by atoms with Gasteiger partial charge in [-0.15, -0.1) is 0 Å². The van der Waals surface area contributed by atoms with Crippen molar-refractivity contribution in [2.45, 2.75) is 38.4 Å². The van der Waals surface area contributed by atoms with E-state index in [1.807, 2.05) is 42.5 Å². The Hall–Kier alpha value is -3.41. The third-order valence-corrected chi connectivity index (χ3v) is 5.38. The number of ether oxygens (including phenoxy) is 2. The quantitative estimate of drug-likeness (QED) is 0.626. The summed E-state index contributed by atoms with van der Waals surface area (Å²) in [4.78, 5) is 29.9. The van der Waals surface area contributed by atoms with E-state index in [4.69, 9.17) is 18.9 Å². The Morgan fingerprint density at radius 3 is 2.83 bits per heavy atom. The number of carbonyl (C=O) groups is 2. The topological polar surface area (TPSA) is 78.6 Å². The number of pyridine rings is 1. The van der Waals surface area contributed by atoms with Crippen molar-refractivity contribution in [1.29, 1.82) is 0 Å². The number of hydrogen-bond donors (Lipinski definition) is 0. The minimum atomic E-state index is -0.861. The number of carbonyl (C=O) groups excluding carboxylic acids is 2. The molecule has 3 heterocycles. The fraction of sp³-hybridized carbons (Fsp3) is 0.261. The number of fused-ring (bicyclic) bond motifs is 2. The largest absolute Gasteiger partial charge is 0.465 e. The van der Waals surface area contributed by atoms with Gasteiger partial charge in [-0.1, -0.05) is 18.2 Å². The zero-order valence-corrected chi connectivity index (χ0v) is 15.9. The van der Waals surface area contributed by atoms with Gasteiger partial charge in [-0.3, -0.25) is 0 Å². The van der Waals surface area contributed by atoms with Gasteiger partial charge in [-0.05, 0) is 55.2 Å². The lowest BCUT2D eigenvalue weighted by Gasteiger charge is -2.14. The second kappa shape index (κ2) is 6.88. The van der Waals surface area contributed by atoms with Crippen molar-refractivity contribution in [3.05, 3.63) is 65.2 Å². The number of cyclic esters (lactones) is 1. The third kappa shape index (κ3) is 3.10. The van der Waals surface area contributed by atoms with Gasteiger partial charge in [0.2, 0.25) is 6.10 Å². The zero-order chi connectivity index (χ0) is 20.0. The second-order valence-electron chi connectivity index (χ2n) is 7.39. The molecule has 1 aliphatic carbocycles. The van der Waals surface area contributed by atoms with E-state index >= 15 is 0 Å². The van der Waals surface area contributed by atoms with Crippen molar-refractivity contribution >= 4 is 34.5 Å². The summed E-state index contributed by atoms with van der Waals surface area (Å²) in [5, 5.41) is 0.731. The van der Waals surface area contributed by atoms with Gasteiger partial charge in [0, 0.05) is 11.8 Å². The predicted octanol–water partition coefficient (Wildman–Crippen LogP) is 4.18. The molecule has 1 saturated heterocycles. The Kier molecular flexibility index (Phi) is 4.19. The van der Waals surface area contributed by atoms with Crippen LogP contribution in [-0.4, -0.2) is 29.1 Å². The lowest BCUT2D eigenvalue weighted by molar-refractivity contribution is -0.147. The fourth-order valence-corrected chi connectivity index (χ4v) is 4.06. The highest BCUT2D eigenvalue weighted by atomic mass is 16.6. The molecule has 0 saturated carbocycles. The van der Waals surface area contributed by atoms with Gasteiger partial charge in [0.05, 0.1) is 23.0 Å². The van der Waals surface area contributed by atoms with Crippen LogP contribution in [0.3, 0.4) is 0 Å². The molecule has 5 rings (SSSR count). The molecule has 2 aliphatic rings. The number of nitrogens with zero attached hydrogens (tertiary/aromatic N) is 1. The first-order valence-corrected chi connectivity index (χ1v) is 9.67. The summed E-state index contributed by atoms with van der Waals surface area (Å²) in [5.74, 6) is -0.246. The van der Waals surface area contributed by atoms with E-state index in [2.05, 4.69) is 0 Å². The number of hydrogen-bond acceptors (Lipinski definition) is 6. The first-order chi connectivity index (χ1) is 14.1. The van der Waals surface area contributed by atoms with Crippen LogP contribution in [0.25, 0.3) is 22.6 Å². The highest BCUT2D eigenvalue weighted by Crippen LogP contribution is 2.38. The van der Waals surface area contributed by atoms with E-state index in [9.17, 15) is 9.59 Å². The molecule has 0 bridgehead atoms. The van der Waals surface area contributed by atoms with Crippen molar-refractivity contribution in [2.24, 2.45) is 0 Å². The third-order valence-electron chi connectivity index (χ3n) is 5.38. The van der Waals surface area contributed by atoms with Gasteiger partial charge in [-0.25, -0.2) is 14.6 Å². The van der Waals surface area contributed by atoms with E-state index in [1.165, 1.54) is 0 Å². The Labute approximate surface area is 167 Å². The van der Waals surface area contributed by atoms with Crippen molar-refractivity contribution in [3.8, 4) is 0 Å². The van der Waals surface area contributed by atoms with Crippen molar-refractivity contribution in [1.82, 2.24) is 4.98 Å². The van der Waals surface area contributed by atoms with Crippen molar-refractivity contribution in [3.63, 3.8) is 0 Å². The lowest BCUT2D eigenvalue weighted by atomic mass is 10.0. The molecule has 0 spiro atoms. The van der Waals surface area contributed by atoms with Crippen LogP contribution >= 0.6 is 0 Å². The molecule has 2 atom stereocenters. The number of allylic oxidation sites excluding steroid dienone is 1. The van der Waals surface area contributed by atoms with Gasteiger partial charge in [0.15, 0.2) is 0 Å². The first kappa shape index (κ1) is 17.7. The molecule has 1 fully saturated rings. The van der Waals surface area contributed by atoms with Gasteiger partial charge < -0.3 is 13.9 Å². The summed E-state index contributed by atoms with van der Waals surface area (Å²) in [6.45, 7) is 1.79. The van der Waals surface area contributed by atoms with Crippen LogP contribution in [0.4, 0.5) is 0 Å². The van der Waals surface area contributed by atoms with Gasteiger partial charge >= 0.3 is 11.9 Å². The maximum atomic E-state index is 13.2. The van der Waals surface area contributed by atoms with Crippen LogP contribution in [-0.2, 0) is 20.7 Å². The Morgan fingerprint density at radius 2 is 2.07 bits per heavy atom. The van der Waals surface area contributed by atoms with Gasteiger partial charge in [-0.2, -0.15) is 0 Å². The van der Waals surface area contributed by atoms with Crippen LogP contribution in [0.15, 0.2) is 47.1 Å². The molecule has 3 aromatic rings. The molecule has 1 aliphatic heterocycles. The van der Waals surface area contributed by atoms with E-state index in [-0.39, 0.29) is 6.10 Å². The average molecular weight is 389 g/mol. The highest BCUT2D eigenvalue weighted by Gasteiger charge is 2.37. The molecule has 0 radical (unpaired) electrons. The summed E-state index contributed by atoms with van der Waals surface area (Å²) < 4.78 is 16.1. The van der Waals surface area contributed by atoms with Crippen LogP contribution < -0.4 is 0 Å². The zero-order valence-electron chi connectivity index (χ0n) is 15.9. The molecular weight excluding hydrogens is 370 g/mol. The lowest BCUT2D eigenvalue weighted by Crippen LogP contribution is -2.23. The first-order valence-electron chi connectivity index (χ1n) is 9.67. The van der Waals surface area contributed by atoms with Crippen LogP contribution in [0.1, 0.15) is 47.1 Å². The van der Waals surface area contributed by atoms with E-state index in [0.29, 0.717) is 23.9 Å². The summed E-state index contributed by atoms with van der Waals surface area (Å²) in [6, 6.07) is 11.2. The monoisotopic (exact) mass is 389 g/mol. The van der Waals surface area contributed by atoms with Crippen LogP contribution in [0.2, 0.25) is 0 Å². The number of furan rings is 1. The summed E-state index contributed by atoms with van der Waals surface area (Å²) in [5.41, 5.74) is 3.86. The fourth-order valence-electron chi connectivity index (χ4n) is 4.06. The number of aromatic nitrogens is 1. The summed E-state index contributed by atoms with van der Waals surface area (Å²) in [7, 11) is 0. The minimum Gasteiger partial charge on any atom is -0.465 e. The van der Waals surface area contributed by atoms with Crippen LogP contribution in [0, 0.1) is 0 Å². The molecule has 0 unspecified atom stereocenters. The van der Waals surface area contributed by atoms with Gasteiger partial charge in [0.1, 0.15) is 11.9 Å². The molecule has 1 aromatic carbocycles. The molecule has 146 valence electrons. The van der Waals surface area contributed by atoms with Gasteiger partial charge in [0.25, 0.3) is 0 Å². The summed E-state index contributed by atoms with van der Waals surface area (Å²) >= 11 is 0. The number of benzene rings is 1. The normalized spacial score (nSPS) is 22.1. The Bertz CT molecular complexity index is 1150. The van der Waals surface area contributed by atoms with Crippen LogP contribution in [0.5, 0.6) is 0 Å². The van der Waals surface area contributed by atoms with Crippen molar-refractivity contribution < 1.29 is 23.5 Å². The van der Waals surface area contributed by atoms with E-state index in [1.54, 1.807) is 13.2 Å². The molecule has 6 nitrogen and oxygen atoms in total. The molecule has 0 N–H and O–H groups in total. The Balaban J connectivity index is 1.60. The number of rotatable bonds is 3. The second-order valence-corrected chi connectivity index (χ2v) is 7.39. The molecule has 6 heteroatoms. The molecule has 2 aromatic heterocycles.